The average Bonchev–Trinajstić information content (AvgIpc) is 2.87. The third kappa shape index (κ3) is 3.98. The number of aliphatic hydroxyl groups is 1. The highest BCUT2D eigenvalue weighted by Crippen LogP contribution is 2.40. The summed E-state index contributed by atoms with van der Waals surface area (Å²) in [4.78, 5) is 12.1. The van der Waals surface area contributed by atoms with E-state index < -0.39 is 5.60 Å². The third-order valence-electron chi connectivity index (χ3n) is 5.19. The number of carbonyl (C=O) groups is 1. The van der Waals surface area contributed by atoms with Crippen molar-refractivity contribution >= 4 is 6.09 Å². The van der Waals surface area contributed by atoms with Crippen molar-refractivity contribution in [3.8, 4) is 0 Å². The molecule has 3 aliphatic rings. The van der Waals surface area contributed by atoms with E-state index in [1.165, 1.54) is 0 Å². The molecule has 3 N–H and O–H groups in total. The molecule has 0 aromatic rings. The van der Waals surface area contributed by atoms with Gasteiger partial charge < -0.3 is 25.2 Å². The van der Waals surface area contributed by atoms with Crippen molar-refractivity contribution in [2.24, 2.45) is 5.92 Å². The molecule has 23 heavy (non-hydrogen) atoms. The Morgan fingerprint density at radius 1 is 1.13 bits per heavy atom. The summed E-state index contributed by atoms with van der Waals surface area (Å²) >= 11 is 0. The Hall–Kier alpha value is -0.850. The Kier molecular flexibility index (Phi) is 4.85. The lowest BCUT2D eigenvalue weighted by atomic mass is 9.71. The van der Waals surface area contributed by atoms with Gasteiger partial charge in [-0.3, -0.25) is 0 Å². The molecule has 0 aromatic carbocycles. The molecule has 1 saturated heterocycles. The molecule has 1 amide bonds. The van der Waals surface area contributed by atoms with Gasteiger partial charge in [-0.15, -0.1) is 0 Å². The molecule has 4 atom stereocenters. The number of hydrogen-bond donors (Lipinski definition) is 3. The van der Waals surface area contributed by atoms with E-state index in [2.05, 4.69) is 10.6 Å². The lowest BCUT2D eigenvalue weighted by Crippen LogP contribution is -2.71. The van der Waals surface area contributed by atoms with Gasteiger partial charge in [0.15, 0.2) is 0 Å². The molecule has 0 bridgehead atoms. The van der Waals surface area contributed by atoms with Crippen molar-refractivity contribution in [1.29, 1.82) is 0 Å². The van der Waals surface area contributed by atoms with E-state index >= 15 is 0 Å². The summed E-state index contributed by atoms with van der Waals surface area (Å²) in [5.41, 5.74) is -0.484. The van der Waals surface area contributed by atoms with Crippen LogP contribution in [0.5, 0.6) is 0 Å². The minimum absolute atomic E-state index is 0.0733. The quantitative estimate of drug-likeness (QED) is 0.733. The van der Waals surface area contributed by atoms with Crippen molar-refractivity contribution in [3.63, 3.8) is 0 Å². The van der Waals surface area contributed by atoms with Crippen LogP contribution in [0.25, 0.3) is 0 Å². The Morgan fingerprint density at radius 3 is 2.48 bits per heavy atom. The Morgan fingerprint density at radius 2 is 1.83 bits per heavy atom. The molecule has 4 unspecified atom stereocenters. The summed E-state index contributed by atoms with van der Waals surface area (Å²) in [6, 6.07) is 0.621. The minimum Gasteiger partial charge on any atom is -0.444 e. The lowest BCUT2D eigenvalue weighted by molar-refractivity contribution is -0.0406. The highest BCUT2D eigenvalue weighted by Gasteiger charge is 2.55. The average molecular weight is 326 g/mol. The zero-order chi connectivity index (χ0) is 16.6. The molecule has 3 fully saturated rings. The van der Waals surface area contributed by atoms with Gasteiger partial charge >= 0.3 is 6.09 Å². The SMILES string of the molecule is CC(C)(C)OC(=O)NC1C2CCOC2C1NC1CCC(O)CC1. The molecule has 0 radical (unpaired) electrons. The minimum atomic E-state index is -0.484. The second-order valence-corrected chi connectivity index (χ2v) is 8.16. The lowest BCUT2D eigenvalue weighted by Gasteiger charge is -2.49. The van der Waals surface area contributed by atoms with E-state index in [9.17, 15) is 9.90 Å². The number of aliphatic hydroxyl groups excluding tert-OH is 1. The van der Waals surface area contributed by atoms with Gasteiger partial charge in [-0.1, -0.05) is 0 Å². The van der Waals surface area contributed by atoms with E-state index in [4.69, 9.17) is 9.47 Å². The first-order valence-electron chi connectivity index (χ1n) is 8.89. The molecule has 0 spiro atoms. The van der Waals surface area contributed by atoms with Gasteiger partial charge in [-0.05, 0) is 52.9 Å². The van der Waals surface area contributed by atoms with Crippen LogP contribution in [0.1, 0.15) is 52.9 Å². The largest absolute Gasteiger partial charge is 0.444 e. The first-order valence-corrected chi connectivity index (χ1v) is 8.89. The van der Waals surface area contributed by atoms with E-state index in [1.54, 1.807) is 0 Å². The van der Waals surface area contributed by atoms with Crippen molar-refractivity contribution < 1.29 is 19.4 Å². The number of hydrogen-bond acceptors (Lipinski definition) is 5. The van der Waals surface area contributed by atoms with Gasteiger partial charge in [0.25, 0.3) is 0 Å². The number of carbonyl (C=O) groups excluding carboxylic acids is 1. The number of nitrogens with one attached hydrogen (secondary N) is 2. The predicted octanol–water partition coefficient (Wildman–Crippen LogP) is 1.56. The summed E-state index contributed by atoms with van der Waals surface area (Å²) in [6.45, 7) is 6.39. The number of rotatable bonds is 3. The van der Waals surface area contributed by atoms with Gasteiger partial charge in [0.2, 0.25) is 0 Å². The molecular formula is C17H30N2O4. The van der Waals surface area contributed by atoms with E-state index in [1.807, 2.05) is 20.8 Å². The van der Waals surface area contributed by atoms with Gasteiger partial charge in [0, 0.05) is 18.6 Å². The zero-order valence-corrected chi connectivity index (χ0v) is 14.4. The molecule has 0 aromatic heterocycles. The molecule has 3 rings (SSSR count). The van der Waals surface area contributed by atoms with Crippen LogP contribution >= 0.6 is 0 Å². The van der Waals surface area contributed by atoms with Crippen molar-refractivity contribution in [1.82, 2.24) is 10.6 Å². The van der Waals surface area contributed by atoms with Crippen LogP contribution in [-0.2, 0) is 9.47 Å². The highest BCUT2D eigenvalue weighted by atomic mass is 16.6. The maximum atomic E-state index is 12.1. The molecule has 2 aliphatic carbocycles. The molecule has 6 nitrogen and oxygen atoms in total. The van der Waals surface area contributed by atoms with E-state index in [0.29, 0.717) is 12.0 Å². The summed E-state index contributed by atoms with van der Waals surface area (Å²) in [7, 11) is 0. The molecular weight excluding hydrogens is 296 g/mol. The van der Waals surface area contributed by atoms with Gasteiger partial charge in [0.1, 0.15) is 5.60 Å². The zero-order valence-electron chi connectivity index (χ0n) is 14.4. The Bertz CT molecular complexity index is 429. The van der Waals surface area contributed by atoms with Crippen LogP contribution in [-0.4, -0.2) is 53.7 Å². The van der Waals surface area contributed by atoms with Crippen molar-refractivity contribution in [2.75, 3.05) is 6.61 Å². The second-order valence-electron chi connectivity index (χ2n) is 8.16. The molecule has 2 saturated carbocycles. The second kappa shape index (κ2) is 6.57. The monoisotopic (exact) mass is 326 g/mol. The van der Waals surface area contributed by atoms with Crippen LogP contribution in [0, 0.1) is 5.92 Å². The van der Waals surface area contributed by atoms with Crippen molar-refractivity contribution in [2.45, 2.75) is 88.8 Å². The maximum Gasteiger partial charge on any atom is 0.407 e. The van der Waals surface area contributed by atoms with Crippen LogP contribution in [0.3, 0.4) is 0 Å². The van der Waals surface area contributed by atoms with Crippen LogP contribution in [0.2, 0.25) is 0 Å². The normalized spacial score (nSPS) is 40.2. The molecule has 6 heteroatoms. The topological polar surface area (TPSA) is 79.8 Å². The predicted molar refractivity (Wildman–Crippen MR) is 86.2 cm³/mol. The van der Waals surface area contributed by atoms with Crippen LogP contribution in [0.15, 0.2) is 0 Å². The standard InChI is InChI=1S/C17H30N2O4/c1-17(2,3)23-16(21)19-13-12-8-9-22-15(12)14(13)18-10-4-6-11(20)7-5-10/h10-15,18,20H,4-9H2,1-3H3,(H,19,21). The summed E-state index contributed by atoms with van der Waals surface area (Å²) in [6.07, 6.45) is 4.35. The Labute approximate surface area is 138 Å². The summed E-state index contributed by atoms with van der Waals surface area (Å²) in [5.74, 6) is 0.384. The maximum absolute atomic E-state index is 12.1. The fraction of sp³-hybridized carbons (Fsp3) is 0.941. The fourth-order valence-electron chi connectivity index (χ4n) is 4.06. The molecule has 132 valence electrons. The fourth-order valence-corrected chi connectivity index (χ4v) is 4.06. The number of fused-ring (bicyclic) bond motifs is 1. The van der Waals surface area contributed by atoms with Gasteiger partial charge in [-0.2, -0.15) is 0 Å². The first kappa shape index (κ1) is 17.0. The van der Waals surface area contributed by atoms with Crippen LogP contribution in [0.4, 0.5) is 4.79 Å². The molecule has 1 heterocycles. The highest BCUT2D eigenvalue weighted by molar-refractivity contribution is 5.68. The Balaban J connectivity index is 1.56. The van der Waals surface area contributed by atoms with E-state index in [-0.39, 0.29) is 30.4 Å². The van der Waals surface area contributed by atoms with Gasteiger partial charge in [-0.25, -0.2) is 4.79 Å². The first-order chi connectivity index (χ1) is 10.8. The smallest absolute Gasteiger partial charge is 0.407 e. The number of amides is 1. The molecule has 1 aliphatic heterocycles. The summed E-state index contributed by atoms with van der Waals surface area (Å²) in [5, 5.41) is 16.3. The van der Waals surface area contributed by atoms with Crippen LogP contribution < -0.4 is 10.6 Å². The summed E-state index contributed by atoms with van der Waals surface area (Å²) < 4.78 is 11.2. The van der Waals surface area contributed by atoms with Crippen molar-refractivity contribution in [3.05, 3.63) is 0 Å². The number of alkyl carbamates (subject to hydrolysis) is 1. The van der Waals surface area contributed by atoms with Gasteiger partial charge in [0.05, 0.1) is 24.3 Å². The number of ether oxygens (including phenoxy) is 2. The van der Waals surface area contributed by atoms with E-state index in [0.717, 1.165) is 38.7 Å². The third-order valence-corrected chi connectivity index (χ3v) is 5.19.